The lowest BCUT2D eigenvalue weighted by Gasteiger charge is -2.33. The van der Waals surface area contributed by atoms with Gasteiger partial charge in [0.1, 0.15) is 0 Å². The summed E-state index contributed by atoms with van der Waals surface area (Å²) in [5, 5.41) is 0. The molecule has 128 valence electrons. The monoisotopic (exact) mass is 346 g/mol. The van der Waals surface area contributed by atoms with Gasteiger partial charge in [-0.1, -0.05) is 34.6 Å². The van der Waals surface area contributed by atoms with Crippen molar-refractivity contribution in [2.45, 2.75) is 59.7 Å². The standard InChI is InChI=1S/C12H28O7P2/c1-9(2)7-10(19-21(15,16)17)11(8-12(3,4)5)18-20(6,13)14/h9-11H,7-8H2,1-6H3,(H,13,14)(H2,15,16,17)/t10-,11+/m1/s1. The Hall–Kier alpha value is 0.260. The van der Waals surface area contributed by atoms with E-state index in [4.69, 9.17) is 18.8 Å². The fourth-order valence-electron chi connectivity index (χ4n) is 2.00. The molecule has 0 amide bonds. The van der Waals surface area contributed by atoms with Crippen LogP contribution in [-0.4, -0.2) is 33.6 Å². The van der Waals surface area contributed by atoms with Crippen molar-refractivity contribution in [1.29, 1.82) is 0 Å². The first-order valence-electron chi connectivity index (χ1n) is 6.82. The molecule has 3 atom stereocenters. The lowest BCUT2D eigenvalue weighted by molar-refractivity contribution is -0.00352. The van der Waals surface area contributed by atoms with Gasteiger partial charge in [-0.15, -0.1) is 0 Å². The van der Waals surface area contributed by atoms with Crippen LogP contribution in [0, 0.1) is 11.3 Å². The quantitative estimate of drug-likeness (QED) is 0.579. The first-order valence-corrected chi connectivity index (χ1v) is 10.4. The number of phosphoric ester groups is 1. The normalized spacial score (nSPS) is 19.3. The van der Waals surface area contributed by atoms with Crippen LogP contribution in [0.15, 0.2) is 0 Å². The molecule has 7 nitrogen and oxygen atoms in total. The average molecular weight is 346 g/mol. The molecule has 1 unspecified atom stereocenters. The van der Waals surface area contributed by atoms with Gasteiger partial charge < -0.3 is 19.2 Å². The molecule has 0 rings (SSSR count). The van der Waals surface area contributed by atoms with Crippen molar-refractivity contribution in [3.8, 4) is 0 Å². The zero-order chi connectivity index (χ0) is 17.1. The van der Waals surface area contributed by atoms with E-state index in [-0.39, 0.29) is 11.3 Å². The molecule has 0 saturated carbocycles. The third kappa shape index (κ3) is 12.5. The van der Waals surface area contributed by atoms with Crippen molar-refractivity contribution in [2.24, 2.45) is 11.3 Å². The molecule has 0 aromatic heterocycles. The Morgan fingerprint density at radius 2 is 1.48 bits per heavy atom. The number of phosphoric acid groups is 1. The van der Waals surface area contributed by atoms with E-state index < -0.39 is 27.6 Å². The molecule has 0 radical (unpaired) electrons. The van der Waals surface area contributed by atoms with E-state index in [0.717, 1.165) is 6.66 Å². The van der Waals surface area contributed by atoms with Crippen LogP contribution in [0.4, 0.5) is 0 Å². The van der Waals surface area contributed by atoms with Gasteiger partial charge in [-0.3, -0.25) is 9.09 Å². The molecular weight excluding hydrogens is 318 g/mol. The van der Waals surface area contributed by atoms with Crippen LogP contribution in [0.3, 0.4) is 0 Å². The SMILES string of the molecule is CC(C)C[C@@H](OP(=O)(O)O)[C@H](CC(C)(C)C)OP(C)(=O)O. The van der Waals surface area contributed by atoms with E-state index in [0.29, 0.717) is 12.8 Å². The zero-order valence-electron chi connectivity index (χ0n) is 13.5. The van der Waals surface area contributed by atoms with Crippen LogP contribution in [0.2, 0.25) is 0 Å². The van der Waals surface area contributed by atoms with Crippen LogP contribution in [0.25, 0.3) is 0 Å². The highest BCUT2D eigenvalue weighted by atomic mass is 31.2. The highest BCUT2D eigenvalue weighted by Gasteiger charge is 2.36. The summed E-state index contributed by atoms with van der Waals surface area (Å²) in [4.78, 5) is 27.5. The van der Waals surface area contributed by atoms with Crippen molar-refractivity contribution >= 4 is 15.4 Å². The molecule has 21 heavy (non-hydrogen) atoms. The maximum Gasteiger partial charge on any atom is 0.469 e. The van der Waals surface area contributed by atoms with Crippen molar-refractivity contribution in [1.82, 2.24) is 0 Å². The fraction of sp³-hybridized carbons (Fsp3) is 1.00. The second kappa shape index (κ2) is 7.69. The van der Waals surface area contributed by atoms with E-state index in [1.54, 1.807) is 0 Å². The Morgan fingerprint density at radius 3 is 1.76 bits per heavy atom. The minimum atomic E-state index is -4.71. The molecule has 0 heterocycles. The molecule has 9 heteroatoms. The van der Waals surface area contributed by atoms with Gasteiger partial charge in [-0.05, 0) is 24.2 Å². The summed E-state index contributed by atoms with van der Waals surface area (Å²) >= 11 is 0. The van der Waals surface area contributed by atoms with Gasteiger partial charge in [0.2, 0.25) is 0 Å². The lowest BCUT2D eigenvalue weighted by Crippen LogP contribution is -2.35. The summed E-state index contributed by atoms with van der Waals surface area (Å²) in [7, 11) is -8.52. The second-order valence-electron chi connectivity index (χ2n) is 6.98. The predicted molar refractivity (Wildman–Crippen MR) is 81.1 cm³/mol. The van der Waals surface area contributed by atoms with Crippen molar-refractivity contribution in [3.63, 3.8) is 0 Å². The van der Waals surface area contributed by atoms with Gasteiger partial charge in [-0.25, -0.2) is 4.57 Å². The minimum absolute atomic E-state index is 0.0857. The third-order valence-electron chi connectivity index (χ3n) is 2.54. The Morgan fingerprint density at radius 1 is 1.00 bits per heavy atom. The summed E-state index contributed by atoms with van der Waals surface area (Å²) in [5.74, 6) is 0.0857. The van der Waals surface area contributed by atoms with Crippen LogP contribution in [-0.2, 0) is 18.2 Å². The van der Waals surface area contributed by atoms with Crippen LogP contribution in [0.5, 0.6) is 0 Å². The van der Waals surface area contributed by atoms with Crippen LogP contribution in [0.1, 0.15) is 47.5 Å². The van der Waals surface area contributed by atoms with Crippen molar-refractivity contribution < 1.29 is 32.9 Å². The molecule has 0 bridgehead atoms. The first-order chi connectivity index (χ1) is 9.09. The van der Waals surface area contributed by atoms with Gasteiger partial charge >= 0.3 is 15.4 Å². The highest BCUT2D eigenvalue weighted by molar-refractivity contribution is 7.51. The van der Waals surface area contributed by atoms with Crippen molar-refractivity contribution in [3.05, 3.63) is 0 Å². The van der Waals surface area contributed by atoms with Crippen molar-refractivity contribution in [2.75, 3.05) is 6.66 Å². The summed E-state index contributed by atoms with van der Waals surface area (Å²) in [6.45, 7) is 10.5. The second-order valence-corrected chi connectivity index (χ2v) is 9.98. The molecule has 0 aliphatic rings. The van der Waals surface area contributed by atoms with Gasteiger partial charge in [0, 0.05) is 6.66 Å². The third-order valence-corrected chi connectivity index (χ3v) is 3.74. The molecular formula is C12H28O7P2. The molecule has 0 fully saturated rings. The van der Waals surface area contributed by atoms with Gasteiger partial charge in [0.15, 0.2) is 0 Å². The molecule has 0 aromatic carbocycles. The smallest absolute Gasteiger partial charge is 0.324 e. The lowest BCUT2D eigenvalue weighted by atomic mass is 9.86. The Bertz CT molecular complexity index is 404. The minimum Gasteiger partial charge on any atom is -0.324 e. The average Bonchev–Trinajstić information content (AvgIpc) is 2.07. The number of hydrogen-bond donors (Lipinski definition) is 3. The van der Waals surface area contributed by atoms with Gasteiger partial charge in [-0.2, -0.15) is 0 Å². The predicted octanol–water partition coefficient (Wildman–Crippen LogP) is 3.15. The maximum atomic E-state index is 11.6. The molecule has 3 N–H and O–H groups in total. The van der Waals surface area contributed by atoms with Gasteiger partial charge in [0.25, 0.3) is 0 Å². The Balaban J connectivity index is 5.33. The molecule has 0 aliphatic heterocycles. The van der Waals surface area contributed by atoms with Gasteiger partial charge in [0.05, 0.1) is 12.2 Å². The van der Waals surface area contributed by atoms with Crippen LogP contribution >= 0.6 is 15.4 Å². The summed E-state index contributed by atoms with van der Waals surface area (Å²) in [5.41, 5.74) is -0.257. The first kappa shape index (κ1) is 21.3. The topological polar surface area (TPSA) is 113 Å². The maximum absolute atomic E-state index is 11.6. The number of rotatable bonds is 8. The van der Waals surface area contributed by atoms with E-state index >= 15 is 0 Å². The summed E-state index contributed by atoms with van der Waals surface area (Å²) in [6.07, 6.45) is -1.18. The van der Waals surface area contributed by atoms with E-state index in [2.05, 4.69) is 0 Å². The Labute approximate surface area is 126 Å². The van der Waals surface area contributed by atoms with E-state index in [1.165, 1.54) is 0 Å². The zero-order valence-corrected chi connectivity index (χ0v) is 15.3. The van der Waals surface area contributed by atoms with Crippen LogP contribution < -0.4 is 0 Å². The molecule has 0 spiro atoms. The highest BCUT2D eigenvalue weighted by Crippen LogP contribution is 2.46. The largest absolute Gasteiger partial charge is 0.469 e. The number of hydrogen-bond acceptors (Lipinski definition) is 4. The molecule has 0 aliphatic carbocycles. The Kier molecular flexibility index (Phi) is 7.79. The van der Waals surface area contributed by atoms with E-state index in [1.807, 2.05) is 34.6 Å². The summed E-state index contributed by atoms with van der Waals surface area (Å²) < 4.78 is 32.7. The molecule has 0 saturated heterocycles. The van der Waals surface area contributed by atoms with E-state index in [9.17, 15) is 14.0 Å². The fourth-order valence-corrected chi connectivity index (χ4v) is 3.28. The molecule has 0 aromatic rings. The summed E-state index contributed by atoms with van der Waals surface area (Å²) in [6, 6.07) is 0.